The quantitative estimate of drug-likeness (QED) is 0.755. The van der Waals surface area contributed by atoms with Crippen LogP contribution in [-0.4, -0.2) is 29.3 Å². The molecule has 0 aliphatic carbocycles. The molecular formula is C8H11BrN2O2. The number of halogens is 1. The van der Waals surface area contributed by atoms with Gasteiger partial charge in [0.1, 0.15) is 5.69 Å². The molecule has 0 saturated carbocycles. The summed E-state index contributed by atoms with van der Waals surface area (Å²) < 4.78 is 7.11. The Balaban J connectivity index is 2.76. The lowest BCUT2D eigenvalue weighted by atomic mass is 10.2. The molecule has 0 aliphatic rings. The minimum atomic E-state index is 0.0359. The molecule has 1 heterocycles. The minimum Gasteiger partial charge on any atom is -0.384 e. The second kappa shape index (κ2) is 4.53. The molecule has 0 amide bonds. The van der Waals surface area contributed by atoms with Gasteiger partial charge in [-0.15, -0.1) is 0 Å². The van der Waals surface area contributed by atoms with Crippen molar-refractivity contribution in [1.82, 2.24) is 9.78 Å². The summed E-state index contributed by atoms with van der Waals surface area (Å²) in [7, 11) is 3.32. The van der Waals surface area contributed by atoms with E-state index >= 15 is 0 Å². The number of ether oxygens (including phenoxy) is 1. The first-order chi connectivity index (χ1) is 6.16. The Kier molecular flexibility index (Phi) is 3.62. The first kappa shape index (κ1) is 10.4. The molecule has 0 bridgehead atoms. The average molecular weight is 247 g/mol. The third-order valence-electron chi connectivity index (χ3n) is 1.69. The molecule has 4 nitrogen and oxygen atoms in total. The maximum Gasteiger partial charge on any atom is 0.184 e. The first-order valence-corrected chi connectivity index (χ1v) is 4.65. The second-order valence-electron chi connectivity index (χ2n) is 2.63. The minimum absolute atomic E-state index is 0.0359. The normalized spacial score (nSPS) is 10.4. The van der Waals surface area contributed by atoms with Crippen LogP contribution in [0.3, 0.4) is 0 Å². The zero-order valence-electron chi connectivity index (χ0n) is 7.58. The number of nitrogens with zero attached hydrogens (tertiary/aromatic N) is 2. The van der Waals surface area contributed by atoms with Crippen molar-refractivity contribution in [2.24, 2.45) is 7.05 Å². The van der Waals surface area contributed by atoms with E-state index in [-0.39, 0.29) is 5.78 Å². The molecular weight excluding hydrogens is 236 g/mol. The lowest BCUT2D eigenvalue weighted by molar-refractivity contribution is 0.0922. The number of carbonyl (C=O) groups excluding carboxylic acids is 1. The lowest BCUT2D eigenvalue weighted by Crippen LogP contribution is -2.09. The van der Waals surface area contributed by atoms with Crippen LogP contribution in [0.25, 0.3) is 0 Å². The molecule has 5 heteroatoms. The molecule has 72 valence electrons. The number of Topliss-reactive ketones (excluding diaryl/α,β-unsaturated/α-hetero) is 1. The van der Waals surface area contributed by atoms with Gasteiger partial charge < -0.3 is 4.74 Å². The van der Waals surface area contributed by atoms with Gasteiger partial charge in [-0.25, -0.2) is 0 Å². The monoisotopic (exact) mass is 246 g/mol. The summed E-state index contributed by atoms with van der Waals surface area (Å²) in [5, 5.41) is 3.95. The van der Waals surface area contributed by atoms with Crippen LogP contribution < -0.4 is 0 Å². The predicted octanol–water partition coefficient (Wildman–Crippen LogP) is 1.40. The van der Waals surface area contributed by atoms with Gasteiger partial charge in [0.2, 0.25) is 0 Å². The third kappa shape index (κ3) is 2.38. The van der Waals surface area contributed by atoms with Crippen LogP contribution in [0, 0.1) is 0 Å². The van der Waals surface area contributed by atoms with Crippen LogP contribution in [-0.2, 0) is 11.8 Å². The molecule has 0 aromatic carbocycles. The number of rotatable bonds is 4. The number of carbonyl (C=O) groups is 1. The Bertz CT molecular complexity index is 290. The van der Waals surface area contributed by atoms with E-state index in [1.807, 2.05) is 0 Å². The van der Waals surface area contributed by atoms with Gasteiger partial charge in [-0.05, 0) is 15.9 Å². The number of aryl methyl sites for hydroxylation is 1. The topological polar surface area (TPSA) is 44.1 Å². The molecule has 13 heavy (non-hydrogen) atoms. The van der Waals surface area contributed by atoms with Crippen LogP contribution in [0.15, 0.2) is 10.7 Å². The van der Waals surface area contributed by atoms with E-state index in [4.69, 9.17) is 4.74 Å². The first-order valence-electron chi connectivity index (χ1n) is 3.86. The smallest absolute Gasteiger partial charge is 0.184 e. The van der Waals surface area contributed by atoms with Crippen molar-refractivity contribution in [2.75, 3.05) is 13.7 Å². The van der Waals surface area contributed by atoms with E-state index in [0.29, 0.717) is 18.7 Å². The Morgan fingerprint density at radius 3 is 2.92 bits per heavy atom. The molecule has 0 radical (unpaired) electrons. The Labute approximate surface area is 85.0 Å². The fourth-order valence-electron chi connectivity index (χ4n) is 1.04. The third-order valence-corrected chi connectivity index (χ3v) is 2.27. The molecule has 1 aromatic heterocycles. The predicted molar refractivity (Wildman–Crippen MR) is 51.7 cm³/mol. The molecule has 0 atom stereocenters. The number of hydrogen-bond donors (Lipinski definition) is 0. The maximum atomic E-state index is 11.5. The van der Waals surface area contributed by atoms with E-state index in [9.17, 15) is 4.79 Å². The summed E-state index contributed by atoms with van der Waals surface area (Å²) >= 11 is 3.26. The molecule has 0 aliphatic heterocycles. The molecule has 0 spiro atoms. The molecule has 1 rings (SSSR count). The zero-order valence-corrected chi connectivity index (χ0v) is 9.17. The molecule has 0 N–H and O–H groups in total. The largest absolute Gasteiger partial charge is 0.384 e. The molecule has 0 saturated heterocycles. The van der Waals surface area contributed by atoms with Crippen LogP contribution >= 0.6 is 15.9 Å². The van der Waals surface area contributed by atoms with E-state index in [1.54, 1.807) is 25.0 Å². The van der Waals surface area contributed by atoms with Crippen molar-refractivity contribution >= 4 is 21.7 Å². The van der Waals surface area contributed by atoms with E-state index in [2.05, 4.69) is 21.0 Å². The van der Waals surface area contributed by atoms with Crippen LogP contribution in [0.1, 0.15) is 16.9 Å². The van der Waals surface area contributed by atoms with Crippen molar-refractivity contribution in [1.29, 1.82) is 0 Å². The summed E-state index contributed by atoms with van der Waals surface area (Å²) in [4.78, 5) is 11.5. The number of ketones is 1. The average Bonchev–Trinajstić information content (AvgIpc) is 2.42. The van der Waals surface area contributed by atoms with Crippen molar-refractivity contribution in [2.45, 2.75) is 6.42 Å². The van der Waals surface area contributed by atoms with Crippen molar-refractivity contribution < 1.29 is 9.53 Å². The fraction of sp³-hybridized carbons (Fsp3) is 0.500. The highest BCUT2D eigenvalue weighted by Gasteiger charge is 2.14. The van der Waals surface area contributed by atoms with Crippen molar-refractivity contribution in [3.05, 3.63) is 16.4 Å². The Hall–Kier alpha value is -0.680. The van der Waals surface area contributed by atoms with Gasteiger partial charge in [0, 0.05) is 20.6 Å². The van der Waals surface area contributed by atoms with Crippen LogP contribution in [0.2, 0.25) is 0 Å². The van der Waals surface area contributed by atoms with Crippen LogP contribution in [0.5, 0.6) is 0 Å². The highest BCUT2D eigenvalue weighted by Crippen LogP contribution is 2.16. The summed E-state index contributed by atoms with van der Waals surface area (Å²) in [6, 6.07) is 0. The highest BCUT2D eigenvalue weighted by molar-refractivity contribution is 9.10. The van der Waals surface area contributed by atoms with Gasteiger partial charge in [-0.2, -0.15) is 5.10 Å². The highest BCUT2D eigenvalue weighted by atomic mass is 79.9. The van der Waals surface area contributed by atoms with Gasteiger partial charge in [0.25, 0.3) is 0 Å². The summed E-state index contributed by atoms with van der Waals surface area (Å²) in [6.07, 6.45) is 1.99. The number of aromatic nitrogens is 2. The lowest BCUT2D eigenvalue weighted by Gasteiger charge is -2.01. The second-order valence-corrected chi connectivity index (χ2v) is 3.49. The van der Waals surface area contributed by atoms with Crippen molar-refractivity contribution in [3.63, 3.8) is 0 Å². The summed E-state index contributed by atoms with van der Waals surface area (Å²) in [6.45, 7) is 0.441. The summed E-state index contributed by atoms with van der Waals surface area (Å²) in [5.74, 6) is 0.0359. The van der Waals surface area contributed by atoms with Gasteiger partial charge in [-0.3, -0.25) is 9.48 Å². The zero-order chi connectivity index (χ0) is 9.84. The van der Waals surface area contributed by atoms with Crippen molar-refractivity contribution in [3.8, 4) is 0 Å². The standard InChI is InChI=1S/C8H11BrN2O2/c1-11-8(6(9)5-10-11)7(12)3-4-13-2/h5H,3-4H2,1-2H3. The SMILES string of the molecule is COCCC(=O)c1c(Br)cnn1C. The Morgan fingerprint density at radius 1 is 1.77 bits per heavy atom. The van der Waals surface area contributed by atoms with E-state index in [0.717, 1.165) is 4.47 Å². The number of hydrogen-bond acceptors (Lipinski definition) is 3. The number of methoxy groups -OCH3 is 1. The Morgan fingerprint density at radius 2 is 2.46 bits per heavy atom. The maximum absolute atomic E-state index is 11.5. The van der Waals surface area contributed by atoms with E-state index < -0.39 is 0 Å². The van der Waals surface area contributed by atoms with Gasteiger partial charge >= 0.3 is 0 Å². The summed E-state index contributed by atoms with van der Waals surface area (Å²) in [5.41, 5.74) is 0.594. The van der Waals surface area contributed by atoms with Gasteiger partial charge in [-0.1, -0.05) is 0 Å². The van der Waals surface area contributed by atoms with Crippen LogP contribution in [0.4, 0.5) is 0 Å². The van der Waals surface area contributed by atoms with Gasteiger partial charge in [0.05, 0.1) is 17.3 Å². The molecule has 0 unspecified atom stereocenters. The fourth-order valence-corrected chi connectivity index (χ4v) is 1.61. The molecule has 0 fully saturated rings. The van der Waals surface area contributed by atoms with Gasteiger partial charge in [0.15, 0.2) is 5.78 Å². The van der Waals surface area contributed by atoms with E-state index in [1.165, 1.54) is 0 Å². The molecule has 1 aromatic rings.